The topological polar surface area (TPSA) is 23.5 Å². The van der Waals surface area contributed by atoms with Crippen molar-refractivity contribution in [2.45, 2.75) is 46.3 Å². The Morgan fingerprint density at radius 3 is 2.33 bits per heavy atom. The SMILES string of the molecule is Cc1cccc(CN(CCC(C)C)CC(O)Cc2ccccc2)c1. The van der Waals surface area contributed by atoms with Gasteiger partial charge in [0.05, 0.1) is 6.10 Å². The van der Waals surface area contributed by atoms with Crippen LogP contribution in [-0.4, -0.2) is 29.2 Å². The Morgan fingerprint density at radius 1 is 0.958 bits per heavy atom. The van der Waals surface area contributed by atoms with Crippen molar-refractivity contribution >= 4 is 0 Å². The van der Waals surface area contributed by atoms with Gasteiger partial charge in [0.25, 0.3) is 0 Å². The zero-order chi connectivity index (χ0) is 17.4. The fraction of sp³-hybridized carbons (Fsp3) is 0.455. The van der Waals surface area contributed by atoms with Gasteiger partial charge in [-0.25, -0.2) is 0 Å². The molecule has 24 heavy (non-hydrogen) atoms. The van der Waals surface area contributed by atoms with Crippen LogP contribution in [0.4, 0.5) is 0 Å². The van der Waals surface area contributed by atoms with Gasteiger partial charge in [-0.3, -0.25) is 4.90 Å². The van der Waals surface area contributed by atoms with Gasteiger partial charge >= 0.3 is 0 Å². The zero-order valence-electron chi connectivity index (χ0n) is 15.3. The van der Waals surface area contributed by atoms with Crippen molar-refractivity contribution in [3.8, 4) is 0 Å². The van der Waals surface area contributed by atoms with Crippen LogP contribution in [0.5, 0.6) is 0 Å². The van der Waals surface area contributed by atoms with Crippen molar-refractivity contribution in [1.29, 1.82) is 0 Å². The van der Waals surface area contributed by atoms with Gasteiger partial charge in [-0.1, -0.05) is 74.0 Å². The lowest BCUT2D eigenvalue weighted by Crippen LogP contribution is -2.34. The third-order valence-corrected chi connectivity index (χ3v) is 4.29. The van der Waals surface area contributed by atoms with E-state index in [4.69, 9.17) is 0 Å². The highest BCUT2D eigenvalue weighted by atomic mass is 16.3. The van der Waals surface area contributed by atoms with Crippen LogP contribution in [0.15, 0.2) is 54.6 Å². The van der Waals surface area contributed by atoms with E-state index in [2.05, 4.69) is 62.1 Å². The lowest BCUT2D eigenvalue weighted by Gasteiger charge is -2.26. The molecule has 0 amide bonds. The van der Waals surface area contributed by atoms with E-state index in [1.54, 1.807) is 0 Å². The molecule has 0 saturated heterocycles. The van der Waals surface area contributed by atoms with E-state index in [0.29, 0.717) is 12.3 Å². The Kier molecular flexibility index (Phi) is 7.48. The van der Waals surface area contributed by atoms with E-state index in [0.717, 1.165) is 26.1 Å². The third kappa shape index (κ3) is 6.86. The summed E-state index contributed by atoms with van der Waals surface area (Å²) in [6, 6.07) is 18.9. The van der Waals surface area contributed by atoms with Crippen molar-refractivity contribution < 1.29 is 5.11 Å². The molecule has 0 spiro atoms. The van der Waals surface area contributed by atoms with E-state index in [-0.39, 0.29) is 6.10 Å². The summed E-state index contributed by atoms with van der Waals surface area (Å²) < 4.78 is 0. The number of aliphatic hydroxyl groups is 1. The monoisotopic (exact) mass is 325 g/mol. The van der Waals surface area contributed by atoms with Gasteiger partial charge in [-0.2, -0.15) is 0 Å². The molecule has 1 unspecified atom stereocenters. The Hall–Kier alpha value is -1.64. The molecular formula is C22H31NO. The fourth-order valence-corrected chi connectivity index (χ4v) is 2.99. The Bertz CT molecular complexity index is 594. The van der Waals surface area contributed by atoms with Crippen molar-refractivity contribution in [3.05, 3.63) is 71.3 Å². The first-order chi connectivity index (χ1) is 11.5. The van der Waals surface area contributed by atoms with Crippen LogP contribution in [-0.2, 0) is 13.0 Å². The molecular weight excluding hydrogens is 294 g/mol. The molecule has 2 aromatic rings. The molecule has 2 aromatic carbocycles. The number of aliphatic hydroxyl groups excluding tert-OH is 1. The van der Waals surface area contributed by atoms with Crippen molar-refractivity contribution in [2.75, 3.05) is 13.1 Å². The predicted octanol–water partition coefficient (Wildman–Crippen LogP) is 4.45. The highest BCUT2D eigenvalue weighted by molar-refractivity contribution is 5.22. The molecule has 0 saturated carbocycles. The predicted molar refractivity (Wildman–Crippen MR) is 102 cm³/mol. The number of rotatable bonds is 9. The zero-order valence-corrected chi connectivity index (χ0v) is 15.3. The lowest BCUT2D eigenvalue weighted by molar-refractivity contribution is 0.105. The molecule has 0 aromatic heterocycles. The van der Waals surface area contributed by atoms with Crippen molar-refractivity contribution in [2.24, 2.45) is 5.92 Å². The Morgan fingerprint density at radius 2 is 1.67 bits per heavy atom. The second-order valence-corrected chi connectivity index (χ2v) is 7.25. The van der Waals surface area contributed by atoms with Crippen LogP contribution in [0.1, 0.15) is 37.0 Å². The summed E-state index contributed by atoms with van der Waals surface area (Å²) in [7, 11) is 0. The maximum atomic E-state index is 10.5. The fourth-order valence-electron chi connectivity index (χ4n) is 2.99. The Balaban J connectivity index is 1.96. The lowest BCUT2D eigenvalue weighted by atomic mass is 10.1. The third-order valence-electron chi connectivity index (χ3n) is 4.29. The van der Waals surface area contributed by atoms with Gasteiger partial charge in [0.15, 0.2) is 0 Å². The molecule has 2 nitrogen and oxygen atoms in total. The molecule has 2 heteroatoms. The maximum Gasteiger partial charge on any atom is 0.0707 e. The normalized spacial score (nSPS) is 12.8. The molecule has 0 heterocycles. The second-order valence-electron chi connectivity index (χ2n) is 7.25. The first-order valence-corrected chi connectivity index (χ1v) is 9.03. The summed E-state index contributed by atoms with van der Waals surface area (Å²) in [6.45, 7) is 9.29. The quantitative estimate of drug-likeness (QED) is 0.736. The summed E-state index contributed by atoms with van der Waals surface area (Å²) in [5.74, 6) is 0.677. The van der Waals surface area contributed by atoms with E-state index in [1.807, 2.05) is 18.2 Å². The van der Waals surface area contributed by atoms with Gasteiger partial charge < -0.3 is 5.11 Å². The number of nitrogens with zero attached hydrogens (tertiary/aromatic N) is 1. The molecule has 0 fully saturated rings. The molecule has 130 valence electrons. The van der Waals surface area contributed by atoms with Crippen LogP contribution < -0.4 is 0 Å². The van der Waals surface area contributed by atoms with E-state index < -0.39 is 0 Å². The van der Waals surface area contributed by atoms with Crippen LogP contribution in [0.3, 0.4) is 0 Å². The molecule has 0 bridgehead atoms. The summed E-state index contributed by atoms with van der Waals surface area (Å²) in [4.78, 5) is 2.39. The molecule has 0 aliphatic rings. The largest absolute Gasteiger partial charge is 0.391 e. The van der Waals surface area contributed by atoms with Crippen LogP contribution in [0.25, 0.3) is 0 Å². The van der Waals surface area contributed by atoms with Crippen LogP contribution in [0.2, 0.25) is 0 Å². The average Bonchev–Trinajstić information content (AvgIpc) is 2.53. The Labute approximate surface area is 147 Å². The van der Waals surface area contributed by atoms with Gasteiger partial charge in [-0.05, 0) is 43.4 Å². The average molecular weight is 325 g/mol. The van der Waals surface area contributed by atoms with Crippen molar-refractivity contribution in [1.82, 2.24) is 4.90 Å². The molecule has 1 N–H and O–H groups in total. The smallest absolute Gasteiger partial charge is 0.0707 e. The first kappa shape index (κ1) is 18.7. The summed E-state index contributed by atoms with van der Waals surface area (Å²) >= 11 is 0. The second kappa shape index (κ2) is 9.61. The van der Waals surface area contributed by atoms with Gasteiger partial charge in [0.1, 0.15) is 0 Å². The number of hydrogen-bond acceptors (Lipinski definition) is 2. The minimum absolute atomic E-state index is 0.329. The summed E-state index contributed by atoms with van der Waals surface area (Å²) in [5.41, 5.74) is 3.82. The van der Waals surface area contributed by atoms with Crippen molar-refractivity contribution in [3.63, 3.8) is 0 Å². The van der Waals surface area contributed by atoms with E-state index in [9.17, 15) is 5.11 Å². The van der Waals surface area contributed by atoms with E-state index in [1.165, 1.54) is 16.7 Å². The minimum atomic E-state index is -0.329. The summed E-state index contributed by atoms with van der Waals surface area (Å²) in [6.07, 6.45) is 1.54. The number of aryl methyl sites for hydroxylation is 1. The first-order valence-electron chi connectivity index (χ1n) is 9.03. The van der Waals surface area contributed by atoms with Crippen LogP contribution >= 0.6 is 0 Å². The molecule has 1 atom stereocenters. The highest BCUT2D eigenvalue weighted by Gasteiger charge is 2.13. The van der Waals surface area contributed by atoms with E-state index >= 15 is 0 Å². The maximum absolute atomic E-state index is 10.5. The van der Waals surface area contributed by atoms with Gasteiger partial charge in [0, 0.05) is 13.1 Å². The number of benzene rings is 2. The molecule has 0 radical (unpaired) electrons. The summed E-state index contributed by atoms with van der Waals surface area (Å²) in [5, 5.41) is 10.5. The molecule has 2 rings (SSSR count). The minimum Gasteiger partial charge on any atom is -0.391 e. The molecule has 0 aliphatic carbocycles. The van der Waals surface area contributed by atoms with Gasteiger partial charge in [-0.15, -0.1) is 0 Å². The van der Waals surface area contributed by atoms with Crippen LogP contribution in [0, 0.1) is 12.8 Å². The number of hydrogen-bond donors (Lipinski definition) is 1. The molecule has 0 aliphatic heterocycles. The van der Waals surface area contributed by atoms with Gasteiger partial charge in [0.2, 0.25) is 0 Å². The standard InChI is InChI=1S/C22H31NO/c1-18(2)12-13-23(16-21-11-7-8-19(3)14-21)17-22(24)15-20-9-5-4-6-10-20/h4-11,14,18,22,24H,12-13,15-17H2,1-3H3. The highest BCUT2D eigenvalue weighted by Crippen LogP contribution is 2.12.